The van der Waals surface area contributed by atoms with Crippen molar-refractivity contribution in [3.63, 3.8) is 0 Å². The van der Waals surface area contributed by atoms with Crippen LogP contribution in [0, 0.1) is 5.41 Å². The minimum Gasteiger partial charge on any atom is -0.349 e. The summed E-state index contributed by atoms with van der Waals surface area (Å²) in [5.74, 6) is -0.517. The first kappa shape index (κ1) is 14.3. The molecule has 1 spiro atoms. The monoisotopic (exact) mass is 299 g/mol. The van der Waals surface area contributed by atoms with E-state index in [1.807, 2.05) is 0 Å². The molecule has 2 fully saturated rings. The zero-order valence-corrected chi connectivity index (χ0v) is 11.3. The van der Waals surface area contributed by atoms with Gasteiger partial charge in [0.15, 0.2) is 0 Å². The number of hydrogen-bond donors (Lipinski definition) is 2. The van der Waals surface area contributed by atoms with Gasteiger partial charge in [-0.15, -0.1) is 0 Å². The van der Waals surface area contributed by atoms with Crippen LogP contribution in [0.3, 0.4) is 0 Å². The van der Waals surface area contributed by atoms with E-state index >= 15 is 0 Å². The third-order valence-corrected chi connectivity index (χ3v) is 4.84. The first-order valence-electron chi connectivity index (χ1n) is 6.92. The number of halogens is 3. The van der Waals surface area contributed by atoms with Crippen molar-refractivity contribution in [2.45, 2.75) is 43.9 Å². The third-order valence-electron chi connectivity index (χ3n) is 4.84. The van der Waals surface area contributed by atoms with Crippen LogP contribution in [0.2, 0.25) is 0 Å². The van der Waals surface area contributed by atoms with Gasteiger partial charge in [0.05, 0.1) is 11.1 Å². The van der Waals surface area contributed by atoms with E-state index in [2.05, 4.69) is 10.3 Å². The van der Waals surface area contributed by atoms with Crippen LogP contribution in [-0.4, -0.2) is 23.0 Å². The van der Waals surface area contributed by atoms with Crippen molar-refractivity contribution in [3.8, 4) is 0 Å². The second kappa shape index (κ2) is 4.69. The maximum absolute atomic E-state index is 12.6. The number of amides is 1. The standard InChI is InChI=1S/C14H16F3N3O/c15-14(16,17)9-4-8(6-19-7-9)12(21)20-11-5-10(18)13(11)2-1-3-13/h4,6-7,10-11H,1-3,5,18H2,(H,20,21). The predicted octanol–water partition coefficient (Wildman–Crippen LogP) is 2.10. The Morgan fingerprint density at radius 2 is 2.10 bits per heavy atom. The van der Waals surface area contributed by atoms with Crippen molar-refractivity contribution in [3.05, 3.63) is 29.6 Å². The molecule has 2 aliphatic carbocycles. The quantitative estimate of drug-likeness (QED) is 0.878. The van der Waals surface area contributed by atoms with Crippen LogP contribution in [0.1, 0.15) is 41.6 Å². The van der Waals surface area contributed by atoms with Gasteiger partial charge in [-0.2, -0.15) is 13.2 Å². The Morgan fingerprint density at radius 1 is 1.38 bits per heavy atom. The summed E-state index contributed by atoms with van der Waals surface area (Å²) in [7, 11) is 0. The number of aromatic nitrogens is 1. The van der Waals surface area contributed by atoms with Gasteiger partial charge in [0.2, 0.25) is 0 Å². The first-order chi connectivity index (χ1) is 9.83. The Balaban J connectivity index is 1.72. The van der Waals surface area contributed by atoms with E-state index < -0.39 is 17.6 Å². The number of carbonyl (C=O) groups is 1. The Hall–Kier alpha value is -1.63. The highest BCUT2D eigenvalue weighted by molar-refractivity contribution is 5.94. The van der Waals surface area contributed by atoms with Gasteiger partial charge in [-0.05, 0) is 25.3 Å². The minimum absolute atomic E-state index is 0.0370. The number of pyridine rings is 1. The van der Waals surface area contributed by atoms with Crippen molar-refractivity contribution < 1.29 is 18.0 Å². The first-order valence-corrected chi connectivity index (χ1v) is 6.92. The lowest BCUT2D eigenvalue weighted by atomic mass is 9.50. The summed E-state index contributed by atoms with van der Waals surface area (Å²) in [6, 6.07) is 0.869. The number of hydrogen-bond acceptors (Lipinski definition) is 3. The Kier molecular flexibility index (Phi) is 3.20. The second-order valence-electron chi connectivity index (χ2n) is 5.92. The van der Waals surface area contributed by atoms with E-state index in [0.29, 0.717) is 12.6 Å². The predicted molar refractivity (Wildman–Crippen MR) is 69.4 cm³/mol. The molecule has 1 aromatic heterocycles. The van der Waals surface area contributed by atoms with Crippen LogP contribution in [0.5, 0.6) is 0 Å². The van der Waals surface area contributed by atoms with E-state index in [9.17, 15) is 18.0 Å². The van der Waals surface area contributed by atoms with Crippen LogP contribution in [0.15, 0.2) is 18.5 Å². The molecule has 0 bridgehead atoms. The Bertz CT molecular complexity index is 569. The van der Waals surface area contributed by atoms with Gasteiger partial charge in [0, 0.05) is 29.9 Å². The maximum Gasteiger partial charge on any atom is 0.417 e. The van der Waals surface area contributed by atoms with Crippen LogP contribution in [-0.2, 0) is 6.18 Å². The van der Waals surface area contributed by atoms with E-state index in [4.69, 9.17) is 5.73 Å². The van der Waals surface area contributed by atoms with Crippen molar-refractivity contribution in [2.75, 3.05) is 0 Å². The highest BCUT2D eigenvalue weighted by Gasteiger charge is 2.57. The van der Waals surface area contributed by atoms with Gasteiger partial charge in [0.1, 0.15) is 0 Å². The largest absolute Gasteiger partial charge is 0.417 e. The number of nitrogens with two attached hydrogens (primary N) is 1. The molecule has 3 rings (SSSR count). The lowest BCUT2D eigenvalue weighted by Crippen LogP contribution is -2.69. The summed E-state index contributed by atoms with van der Waals surface area (Å²) in [5, 5.41) is 2.81. The van der Waals surface area contributed by atoms with E-state index in [-0.39, 0.29) is 23.1 Å². The molecule has 4 nitrogen and oxygen atoms in total. The Morgan fingerprint density at radius 3 is 2.62 bits per heavy atom. The van der Waals surface area contributed by atoms with E-state index in [0.717, 1.165) is 31.5 Å². The molecule has 7 heteroatoms. The summed E-state index contributed by atoms with van der Waals surface area (Å²) in [4.78, 5) is 15.6. The molecule has 21 heavy (non-hydrogen) atoms. The van der Waals surface area contributed by atoms with Gasteiger partial charge in [-0.25, -0.2) is 0 Å². The molecular weight excluding hydrogens is 283 g/mol. The average Bonchev–Trinajstić information content (AvgIpc) is 2.35. The molecule has 2 atom stereocenters. The van der Waals surface area contributed by atoms with Crippen LogP contribution >= 0.6 is 0 Å². The molecule has 2 aliphatic rings. The zero-order chi connectivity index (χ0) is 15.3. The molecule has 0 aromatic carbocycles. The van der Waals surface area contributed by atoms with Crippen molar-refractivity contribution in [1.29, 1.82) is 0 Å². The molecule has 2 saturated carbocycles. The van der Waals surface area contributed by atoms with Gasteiger partial charge < -0.3 is 11.1 Å². The Labute approximate surface area is 119 Å². The van der Waals surface area contributed by atoms with Gasteiger partial charge >= 0.3 is 6.18 Å². The molecule has 0 saturated heterocycles. The average molecular weight is 299 g/mol. The lowest BCUT2D eigenvalue weighted by molar-refractivity contribution is -0.137. The summed E-state index contributed by atoms with van der Waals surface area (Å²) in [5.41, 5.74) is 4.97. The molecule has 3 N–H and O–H groups in total. The molecule has 0 aliphatic heterocycles. The molecule has 1 amide bonds. The zero-order valence-electron chi connectivity index (χ0n) is 11.3. The normalized spacial score (nSPS) is 26.9. The second-order valence-corrected chi connectivity index (χ2v) is 5.92. The van der Waals surface area contributed by atoms with Gasteiger partial charge in [0.25, 0.3) is 5.91 Å². The molecular formula is C14H16F3N3O. The highest BCUT2D eigenvalue weighted by Crippen LogP contribution is 2.55. The number of nitrogens with zero attached hydrogens (tertiary/aromatic N) is 1. The molecule has 2 unspecified atom stereocenters. The maximum atomic E-state index is 12.6. The van der Waals surface area contributed by atoms with E-state index in [1.54, 1.807) is 0 Å². The number of carbonyl (C=O) groups excluding carboxylic acids is 1. The topological polar surface area (TPSA) is 68.0 Å². The summed E-state index contributed by atoms with van der Waals surface area (Å²) in [6.45, 7) is 0. The molecule has 114 valence electrons. The highest BCUT2D eigenvalue weighted by atomic mass is 19.4. The summed E-state index contributed by atoms with van der Waals surface area (Å²) < 4.78 is 37.9. The number of rotatable bonds is 2. The fraction of sp³-hybridized carbons (Fsp3) is 0.571. The SMILES string of the molecule is NC1CC(NC(=O)c2cncc(C(F)(F)F)c2)C12CCC2. The van der Waals surface area contributed by atoms with Crippen molar-refractivity contribution >= 4 is 5.91 Å². The van der Waals surface area contributed by atoms with E-state index in [1.165, 1.54) is 0 Å². The fourth-order valence-corrected chi connectivity index (χ4v) is 3.29. The molecule has 1 aromatic rings. The molecule has 1 heterocycles. The van der Waals surface area contributed by atoms with Gasteiger partial charge in [-0.3, -0.25) is 9.78 Å². The van der Waals surface area contributed by atoms with Crippen LogP contribution in [0.25, 0.3) is 0 Å². The fourth-order valence-electron chi connectivity index (χ4n) is 3.29. The van der Waals surface area contributed by atoms with Crippen molar-refractivity contribution in [2.24, 2.45) is 11.1 Å². The van der Waals surface area contributed by atoms with Crippen LogP contribution in [0.4, 0.5) is 13.2 Å². The van der Waals surface area contributed by atoms with Crippen LogP contribution < -0.4 is 11.1 Å². The lowest BCUT2D eigenvalue weighted by Gasteiger charge is -2.60. The minimum atomic E-state index is -4.50. The summed E-state index contributed by atoms with van der Waals surface area (Å²) >= 11 is 0. The summed E-state index contributed by atoms with van der Waals surface area (Å²) in [6.07, 6.45) is 1.07. The smallest absolute Gasteiger partial charge is 0.349 e. The molecule has 0 radical (unpaired) electrons. The number of alkyl halides is 3. The van der Waals surface area contributed by atoms with Crippen molar-refractivity contribution in [1.82, 2.24) is 10.3 Å². The third kappa shape index (κ3) is 2.29. The number of nitrogens with one attached hydrogen (secondary N) is 1. The van der Waals surface area contributed by atoms with Gasteiger partial charge in [-0.1, -0.05) is 6.42 Å².